The lowest BCUT2D eigenvalue weighted by Crippen LogP contribution is -1.89. The molecule has 1 fully saturated rings. The van der Waals surface area contributed by atoms with Gasteiger partial charge in [-0.05, 0) is 48.6 Å². The molecule has 0 spiro atoms. The van der Waals surface area contributed by atoms with Crippen LogP contribution in [-0.4, -0.2) is 4.98 Å². The topological polar surface area (TPSA) is 12.9 Å². The second kappa shape index (κ2) is 3.91. The van der Waals surface area contributed by atoms with E-state index < -0.39 is 11.6 Å². The summed E-state index contributed by atoms with van der Waals surface area (Å²) in [7, 11) is 0. The van der Waals surface area contributed by atoms with E-state index in [1.54, 1.807) is 0 Å². The molecule has 0 unspecified atom stereocenters. The standard InChI is InChI=1S/C14H11F2N/c15-12-5-3-10(7-13(12)16)14-6-4-11(8-17-14)9-1-2-9/h3-9H,1-2H2. The summed E-state index contributed by atoms with van der Waals surface area (Å²) in [5, 5.41) is 0. The number of halogens is 2. The Morgan fingerprint density at radius 3 is 2.41 bits per heavy atom. The molecule has 0 N–H and O–H groups in total. The van der Waals surface area contributed by atoms with Gasteiger partial charge in [0, 0.05) is 11.8 Å². The summed E-state index contributed by atoms with van der Waals surface area (Å²) in [6, 6.07) is 7.72. The number of nitrogens with zero attached hydrogens (tertiary/aromatic N) is 1. The van der Waals surface area contributed by atoms with Gasteiger partial charge in [-0.1, -0.05) is 6.07 Å². The summed E-state index contributed by atoms with van der Waals surface area (Å²) in [5.74, 6) is -1.01. The number of rotatable bonds is 2. The lowest BCUT2D eigenvalue weighted by molar-refractivity contribution is 0.509. The van der Waals surface area contributed by atoms with Crippen LogP contribution in [0.15, 0.2) is 36.5 Å². The summed E-state index contributed by atoms with van der Waals surface area (Å²) in [4.78, 5) is 4.29. The van der Waals surface area contributed by atoms with Crippen molar-refractivity contribution in [2.75, 3.05) is 0 Å². The average molecular weight is 231 g/mol. The molecule has 1 saturated carbocycles. The van der Waals surface area contributed by atoms with Gasteiger partial charge in [0.25, 0.3) is 0 Å². The van der Waals surface area contributed by atoms with E-state index in [1.807, 2.05) is 18.3 Å². The first-order valence-corrected chi connectivity index (χ1v) is 5.65. The Bertz CT molecular complexity index is 545. The maximum Gasteiger partial charge on any atom is 0.159 e. The number of hydrogen-bond donors (Lipinski definition) is 0. The first kappa shape index (κ1) is 10.4. The van der Waals surface area contributed by atoms with Crippen molar-refractivity contribution in [1.29, 1.82) is 0 Å². The van der Waals surface area contributed by atoms with E-state index in [0.717, 1.165) is 6.07 Å². The van der Waals surface area contributed by atoms with Crippen LogP contribution in [0.1, 0.15) is 24.3 Å². The maximum atomic E-state index is 13.1. The normalized spacial score (nSPS) is 14.9. The number of aromatic nitrogens is 1. The van der Waals surface area contributed by atoms with Gasteiger partial charge in [-0.15, -0.1) is 0 Å². The van der Waals surface area contributed by atoms with Crippen LogP contribution in [0.25, 0.3) is 11.3 Å². The number of hydrogen-bond acceptors (Lipinski definition) is 1. The molecular formula is C14H11F2N. The predicted molar refractivity (Wildman–Crippen MR) is 61.6 cm³/mol. The van der Waals surface area contributed by atoms with E-state index in [-0.39, 0.29) is 0 Å². The molecule has 1 heterocycles. The zero-order valence-electron chi connectivity index (χ0n) is 9.16. The Morgan fingerprint density at radius 1 is 1.00 bits per heavy atom. The Morgan fingerprint density at radius 2 is 1.82 bits per heavy atom. The van der Waals surface area contributed by atoms with Gasteiger partial charge in [-0.3, -0.25) is 4.98 Å². The number of benzene rings is 1. The third-order valence-corrected chi connectivity index (χ3v) is 3.05. The fourth-order valence-corrected chi connectivity index (χ4v) is 1.89. The molecule has 1 aliphatic rings. The molecule has 2 aromatic rings. The summed E-state index contributed by atoms with van der Waals surface area (Å²) >= 11 is 0. The van der Waals surface area contributed by atoms with Crippen LogP contribution < -0.4 is 0 Å². The van der Waals surface area contributed by atoms with Gasteiger partial charge in [0.1, 0.15) is 0 Å². The second-order valence-electron chi connectivity index (χ2n) is 4.38. The van der Waals surface area contributed by atoms with Crippen molar-refractivity contribution in [2.45, 2.75) is 18.8 Å². The van der Waals surface area contributed by atoms with Crippen LogP contribution in [-0.2, 0) is 0 Å². The third kappa shape index (κ3) is 2.05. The molecule has 1 nitrogen and oxygen atoms in total. The Labute approximate surface area is 98.1 Å². The molecule has 1 aromatic carbocycles. The summed E-state index contributed by atoms with van der Waals surface area (Å²) in [5.41, 5.74) is 2.51. The highest BCUT2D eigenvalue weighted by Gasteiger charge is 2.23. The van der Waals surface area contributed by atoms with Crippen molar-refractivity contribution in [1.82, 2.24) is 4.98 Å². The van der Waals surface area contributed by atoms with Gasteiger partial charge >= 0.3 is 0 Å². The summed E-state index contributed by atoms with van der Waals surface area (Å²) in [6.45, 7) is 0. The molecule has 86 valence electrons. The van der Waals surface area contributed by atoms with Crippen molar-refractivity contribution in [2.24, 2.45) is 0 Å². The monoisotopic (exact) mass is 231 g/mol. The zero-order chi connectivity index (χ0) is 11.8. The van der Waals surface area contributed by atoms with Crippen LogP contribution in [0, 0.1) is 11.6 Å². The molecular weight excluding hydrogens is 220 g/mol. The molecule has 0 amide bonds. The van der Waals surface area contributed by atoms with Gasteiger partial charge in [-0.25, -0.2) is 8.78 Å². The SMILES string of the molecule is Fc1ccc(-c2ccc(C3CC3)cn2)cc1F. The molecule has 1 aliphatic carbocycles. The van der Waals surface area contributed by atoms with Gasteiger partial charge < -0.3 is 0 Å². The molecule has 3 heteroatoms. The lowest BCUT2D eigenvalue weighted by atomic mass is 10.1. The minimum Gasteiger partial charge on any atom is -0.256 e. The lowest BCUT2D eigenvalue weighted by Gasteiger charge is -2.03. The smallest absolute Gasteiger partial charge is 0.159 e. The van der Waals surface area contributed by atoms with E-state index in [0.29, 0.717) is 17.2 Å². The first-order valence-electron chi connectivity index (χ1n) is 5.65. The van der Waals surface area contributed by atoms with Crippen molar-refractivity contribution in [3.05, 3.63) is 53.7 Å². The highest BCUT2D eigenvalue weighted by molar-refractivity contribution is 5.59. The van der Waals surface area contributed by atoms with E-state index in [9.17, 15) is 8.78 Å². The fraction of sp³-hybridized carbons (Fsp3) is 0.214. The van der Waals surface area contributed by atoms with Gasteiger partial charge in [0.2, 0.25) is 0 Å². The van der Waals surface area contributed by atoms with Crippen LogP contribution in [0.4, 0.5) is 8.78 Å². The quantitative estimate of drug-likeness (QED) is 0.763. The van der Waals surface area contributed by atoms with E-state index >= 15 is 0 Å². The maximum absolute atomic E-state index is 13.1. The predicted octanol–water partition coefficient (Wildman–Crippen LogP) is 3.90. The Balaban J connectivity index is 1.94. The molecule has 0 aliphatic heterocycles. The average Bonchev–Trinajstić information content (AvgIpc) is 3.17. The molecule has 1 aromatic heterocycles. The van der Waals surface area contributed by atoms with Gasteiger partial charge in [-0.2, -0.15) is 0 Å². The van der Waals surface area contributed by atoms with Crippen LogP contribution in [0.3, 0.4) is 0 Å². The molecule has 0 atom stereocenters. The van der Waals surface area contributed by atoms with Crippen molar-refractivity contribution >= 4 is 0 Å². The fourth-order valence-electron chi connectivity index (χ4n) is 1.89. The van der Waals surface area contributed by atoms with Crippen LogP contribution >= 0.6 is 0 Å². The molecule has 0 radical (unpaired) electrons. The first-order chi connectivity index (χ1) is 8.24. The van der Waals surface area contributed by atoms with E-state index in [1.165, 1.54) is 30.5 Å². The van der Waals surface area contributed by atoms with Gasteiger partial charge in [0.15, 0.2) is 11.6 Å². The minimum atomic E-state index is -0.837. The van der Waals surface area contributed by atoms with Crippen molar-refractivity contribution < 1.29 is 8.78 Å². The third-order valence-electron chi connectivity index (χ3n) is 3.05. The Kier molecular flexibility index (Phi) is 2.39. The molecule has 3 rings (SSSR count). The zero-order valence-corrected chi connectivity index (χ0v) is 9.16. The van der Waals surface area contributed by atoms with Crippen molar-refractivity contribution in [3.8, 4) is 11.3 Å². The molecule has 0 bridgehead atoms. The summed E-state index contributed by atoms with van der Waals surface area (Å²) in [6.07, 6.45) is 4.28. The second-order valence-corrected chi connectivity index (χ2v) is 4.38. The highest BCUT2D eigenvalue weighted by atomic mass is 19.2. The van der Waals surface area contributed by atoms with E-state index in [4.69, 9.17) is 0 Å². The molecule has 0 saturated heterocycles. The van der Waals surface area contributed by atoms with Crippen molar-refractivity contribution in [3.63, 3.8) is 0 Å². The number of pyridine rings is 1. The van der Waals surface area contributed by atoms with Crippen LogP contribution in [0.5, 0.6) is 0 Å². The minimum absolute atomic E-state index is 0.603. The van der Waals surface area contributed by atoms with Crippen LogP contribution in [0.2, 0.25) is 0 Å². The largest absolute Gasteiger partial charge is 0.256 e. The summed E-state index contributed by atoms with van der Waals surface area (Å²) < 4.78 is 25.9. The van der Waals surface area contributed by atoms with E-state index in [2.05, 4.69) is 4.98 Å². The van der Waals surface area contributed by atoms with Gasteiger partial charge in [0.05, 0.1) is 5.69 Å². The molecule has 17 heavy (non-hydrogen) atoms. The highest BCUT2D eigenvalue weighted by Crippen LogP contribution is 2.39. The Hall–Kier alpha value is -1.77.